The second-order valence-electron chi connectivity index (χ2n) is 6.86. The molecular formula is C22H22O4. The van der Waals surface area contributed by atoms with Gasteiger partial charge < -0.3 is 9.47 Å². The third-order valence-corrected chi connectivity index (χ3v) is 5.66. The van der Waals surface area contributed by atoms with E-state index in [0.717, 1.165) is 11.1 Å². The Morgan fingerprint density at radius 2 is 1.27 bits per heavy atom. The molecule has 0 aromatic heterocycles. The van der Waals surface area contributed by atoms with Crippen molar-refractivity contribution in [1.29, 1.82) is 0 Å². The van der Waals surface area contributed by atoms with Crippen molar-refractivity contribution in [3.8, 4) is 0 Å². The number of esters is 2. The maximum Gasteiger partial charge on any atom is 0.324 e. The lowest BCUT2D eigenvalue weighted by molar-refractivity contribution is -0.175. The molecule has 4 nitrogen and oxygen atoms in total. The van der Waals surface area contributed by atoms with Crippen LogP contribution in [-0.2, 0) is 19.1 Å². The van der Waals surface area contributed by atoms with Crippen LogP contribution in [0.5, 0.6) is 0 Å². The van der Waals surface area contributed by atoms with Crippen LogP contribution >= 0.6 is 0 Å². The summed E-state index contributed by atoms with van der Waals surface area (Å²) in [7, 11) is 0. The molecule has 0 heterocycles. The second kappa shape index (κ2) is 6.27. The summed E-state index contributed by atoms with van der Waals surface area (Å²) >= 11 is 0. The number of hydrogen-bond donors (Lipinski definition) is 0. The molecule has 5 rings (SSSR count). The van der Waals surface area contributed by atoms with Crippen LogP contribution in [0.2, 0.25) is 0 Å². The largest absolute Gasteiger partial charge is 0.465 e. The normalized spacial score (nSPS) is 21.5. The van der Waals surface area contributed by atoms with Crippen molar-refractivity contribution in [2.75, 3.05) is 13.2 Å². The molecule has 3 aliphatic rings. The van der Waals surface area contributed by atoms with Crippen molar-refractivity contribution >= 4 is 11.9 Å². The SMILES string of the molecule is CCOC(=O)C1(C(=O)OCC)CC2c3ccccc3C1c1ccccc12. The minimum atomic E-state index is -1.32. The lowest BCUT2D eigenvalue weighted by Gasteiger charge is -2.49. The summed E-state index contributed by atoms with van der Waals surface area (Å²) in [5.41, 5.74) is 3.13. The summed E-state index contributed by atoms with van der Waals surface area (Å²) in [4.78, 5) is 26.2. The quantitative estimate of drug-likeness (QED) is 0.622. The van der Waals surface area contributed by atoms with Crippen LogP contribution in [-0.4, -0.2) is 25.2 Å². The third kappa shape index (κ3) is 2.14. The van der Waals surface area contributed by atoms with Gasteiger partial charge in [0.15, 0.2) is 5.41 Å². The molecule has 2 bridgehead atoms. The summed E-state index contributed by atoms with van der Waals surface area (Å²) < 4.78 is 10.8. The first-order valence-corrected chi connectivity index (χ1v) is 9.17. The fourth-order valence-corrected chi connectivity index (χ4v) is 4.71. The molecular weight excluding hydrogens is 328 g/mol. The molecule has 0 saturated carbocycles. The Hall–Kier alpha value is -2.62. The van der Waals surface area contributed by atoms with Gasteiger partial charge in [-0.3, -0.25) is 9.59 Å². The zero-order valence-corrected chi connectivity index (χ0v) is 15.0. The molecule has 26 heavy (non-hydrogen) atoms. The zero-order chi connectivity index (χ0) is 18.3. The summed E-state index contributed by atoms with van der Waals surface area (Å²) in [6.45, 7) is 4.00. The van der Waals surface area contributed by atoms with Gasteiger partial charge in [0.05, 0.1) is 13.2 Å². The molecule has 0 N–H and O–H groups in total. The summed E-state index contributed by atoms with van der Waals surface area (Å²) in [6, 6.07) is 16.2. The van der Waals surface area contributed by atoms with Crippen molar-refractivity contribution in [3.63, 3.8) is 0 Å². The molecule has 0 radical (unpaired) electrons. The first kappa shape index (κ1) is 16.8. The molecule has 0 aliphatic heterocycles. The van der Waals surface area contributed by atoms with Crippen LogP contribution in [0.25, 0.3) is 0 Å². The van der Waals surface area contributed by atoms with Gasteiger partial charge in [-0.15, -0.1) is 0 Å². The predicted octanol–water partition coefficient (Wildman–Crippen LogP) is 3.78. The molecule has 0 atom stereocenters. The fraction of sp³-hybridized carbons (Fsp3) is 0.364. The molecule has 2 aromatic carbocycles. The Morgan fingerprint density at radius 1 is 0.846 bits per heavy atom. The standard InChI is InChI=1S/C22H22O4/c1-3-25-20(23)22(21(24)26-4-2)13-18-14-9-5-7-11-16(14)19(22)17-12-8-6-10-15(17)18/h5-12,18-19H,3-4,13H2,1-2H3. The van der Waals surface area contributed by atoms with Crippen LogP contribution in [0, 0.1) is 5.41 Å². The zero-order valence-electron chi connectivity index (χ0n) is 15.0. The highest BCUT2D eigenvalue weighted by Gasteiger charge is 2.63. The second-order valence-corrected chi connectivity index (χ2v) is 6.86. The van der Waals surface area contributed by atoms with E-state index >= 15 is 0 Å². The van der Waals surface area contributed by atoms with Gasteiger partial charge >= 0.3 is 11.9 Å². The van der Waals surface area contributed by atoms with E-state index in [1.54, 1.807) is 13.8 Å². The minimum Gasteiger partial charge on any atom is -0.465 e. The van der Waals surface area contributed by atoms with Crippen LogP contribution < -0.4 is 0 Å². The Balaban J connectivity index is 1.98. The molecule has 0 amide bonds. The van der Waals surface area contributed by atoms with E-state index in [4.69, 9.17) is 9.47 Å². The number of carbonyl (C=O) groups is 2. The monoisotopic (exact) mass is 350 g/mol. The lowest BCUT2D eigenvalue weighted by atomic mass is 9.52. The van der Waals surface area contributed by atoms with Gasteiger partial charge in [-0.1, -0.05) is 48.5 Å². The van der Waals surface area contributed by atoms with Gasteiger partial charge in [-0.25, -0.2) is 0 Å². The molecule has 0 spiro atoms. The highest BCUT2D eigenvalue weighted by Crippen LogP contribution is 2.61. The first-order chi connectivity index (χ1) is 12.6. The molecule has 134 valence electrons. The van der Waals surface area contributed by atoms with Gasteiger partial charge in [-0.2, -0.15) is 0 Å². The van der Waals surface area contributed by atoms with Crippen molar-refractivity contribution in [3.05, 3.63) is 70.8 Å². The molecule has 0 saturated heterocycles. The van der Waals surface area contributed by atoms with Gasteiger partial charge in [0.1, 0.15) is 0 Å². The van der Waals surface area contributed by atoms with Gasteiger partial charge in [0.2, 0.25) is 0 Å². The Labute approximate surface area is 153 Å². The number of hydrogen-bond acceptors (Lipinski definition) is 4. The smallest absolute Gasteiger partial charge is 0.324 e. The molecule has 3 aliphatic carbocycles. The van der Waals surface area contributed by atoms with E-state index in [-0.39, 0.29) is 25.0 Å². The van der Waals surface area contributed by atoms with Crippen LogP contribution in [0.15, 0.2) is 48.5 Å². The van der Waals surface area contributed by atoms with E-state index in [1.165, 1.54) is 11.1 Å². The summed E-state index contributed by atoms with van der Waals surface area (Å²) in [6.07, 6.45) is 0.392. The van der Waals surface area contributed by atoms with Gasteiger partial charge in [-0.05, 0) is 42.5 Å². The topological polar surface area (TPSA) is 52.6 Å². The molecule has 0 unspecified atom stereocenters. The Morgan fingerprint density at radius 3 is 1.69 bits per heavy atom. The van der Waals surface area contributed by atoms with Gasteiger partial charge in [0, 0.05) is 11.8 Å². The molecule has 4 heteroatoms. The third-order valence-electron chi connectivity index (χ3n) is 5.66. The first-order valence-electron chi connectivity index (χ1n) is 9.17. The van der Waals surface area contributed by atoms with E-state index < -0.39 is 17.4 Å². The van der Waals surface area contributed by atoms with Crippen molar-refractivity contribution in [2.45, 2.75) is 32.1 Å². The van der Waals surface area contributed by atoms with Crippen molar-refractivity contribution < 1.29 is 19.1 Å². The summed E-state index contributed by atoms with van der Waals surface area (Å²) in [5.74, 6) is -1.34. The number of rotatable bonds is 4. The average molecular weight is 350 g/mol. The minimum absolute atomic E-state index is 0.0128. The number of carbonyl (C=O) groups excluding carboxylic acids is 2. The maximum atomic E-state index is 13.1. The predicted molar refractivity (Wildman–Crippen MR) is 96.9 cm³/mol. The lowest BCUT2D eigenvalue weighted by Crippen LogP contribution is -2.53. The summed E-state index contributed by atoms with van der Waals surface area (Å²) in [5, 5.41) is 0. The maximum absolute atomic E-state index is 13.1. The Bertz CT molecular complexity index is 804. The van der Waals surface area contributed by atoms with Crippen molar-refractivity contribution in [2.24, 2.45) is 5.41 Å². The Kier molecular flexibility index (Phi) is 4.06. The van der Waals surface area contributed by atoms with E-state index in [9.17, 15) is 9.59 Å². The highest BCUT2D eigenvalue weighted by atomic mass is 16.6. The molecule has 2 aromatic rings. The van der Waals surface area contributed by atoms with Crippen LogP contribution in [0.4, 0.5) is 0 Å². The highest BCUT2D eigenvalue weighted by molar-refractivity contribution is 6.03. The fourth-order valence-electron chi connectivity index (χ4n) is 4.71. The van der Waals surface area contributed by atoms with Crippen molar-refractivity contribution in [1.82, 2.24) is 0 Å². The van der Waals surface area contributed by atoms with Crippen LogP contribution in [0.1, 0.15) is 54.4 Å². The number of benzene rings is 2. The number of fused-ring (bicyclic) bond motifs is 1. The van der Waals surface area contributed by atoms with Gasteiger partial charge in [0.25, 0.3) is 0 Å². The van der Waals surface area contributed by atoms with Crippen LogP contribution in [0.3, 0.4) is 0 Å². The van der Waals surface area contributed by atoms with E-state index in [2.05, 4.69) is 12.1 Å². The van der Waals surface area contributed by atoms with E-state index in [0.29, 0.717) is 6.42 Å². The molecule has 0 fully saturated rings. The van der Waals surface area contributed by atoms with E-state index in [1.807, 2.05) is 36.4 Å². The number of ether oxygens (including phenoxy) is 2. The average Bonchev–Trinajstić information content (AvgIpc) is 2.68.